The first-order valence-corrected chi connectivity index (χ1v) is 7.10. The van der Waals surface area contributed by atoms with Gasteiger partial charge >= 0.3 is 6.18 Å². The molecule has 0 saturated carbocycles. The van der Waals surface area contributed by atoms with E-state index in [0.29, 0.717) is 5.52 Å². The molecule has 0 spiro atoms. The molecule has 0 unspecified atom stereocenters. The van der Waals surface area contributed by atoms with Crippen LogP contribution in [0, 0.1) is 0 Å². The number of carbonyl (C=O) groups is 1. The summed E-state index contributed by atoms with van der Waals surface area (Å²) in [6.45, 7) is 0. The van der Waals surface area contributed by atoms with Crippen molar-refractivity contribution < 1.29 is 18.0 Å². The van der Waals surface area contributed by atoms with Crippen molar-refractivity contribution in [2.45, 2.75) is 6.18 Å². The van der Waals surface area contributed by atoms with Gasteiger partial charge in [0.2, 0.25) is 0 Å². The molecule has 0 fully saturated rings. The van der Waals surface area contributed by atoms with Crippen LogP contribution in [0.3, 0.4) is 0 Å². The Bertz CT molecular complexity index is 809. The molecule has 112 valence electrons. The lowest BCUT2D eigenvalue weighted by Gasteiger charge is -2.12. The van der Waals surface area contributed by atoms with Crippen LogP contribution in [-0.4, -0.2) is 10.9 Å². The van der Waals surface area contributed by atoms with Gasteiger partial charge < -0.3 is 5.32 Å². The Labute approximate surface area is 127 Å². The van der Waals surface area contributed by atoms with Gasteiger partial charge in [-0.05, 0) is 24.3 Å². The number of anilines is 1. The number of halogens is 3. The molecule has 0 bridgehead atoms. The van der Waals surface area contributed by atoms with Crippen molar-refractivity contribution in [2.24, 2.45) is 0 Å². The molecule has 3 rings (SSSR count). The summed E-state index contributed by atoms with van der Waals surface area (Å²) in [7, 11) is 0. The number of rotatable bonds is 2. The van der Waals surface area contributed by atoms with Crippen LogP contribution in [0.2, 0.25) is 0 Å². The van der Waals surface area contributed by atoms with Crippen LogP contribution in [0.15, 0.2) is 48.5 Å². The van der Waals surface area contributed by atoms with Crippen LogP contribution in [0.4, 0.5) is 18.9 Å². The number of nitrogens with zero attached hydrogens (tertiary/aromatic N) is 1. The molecule has 0 aliphatic carbocycles. The van der Waals surface area contributed by atoms with E-state index in [4.69, 9.17) is 0 Å². The minimum Gasteiger partial charge on any atom is -0.319 e. The number of aromatic nitrogens is 1. The van der Waals surface area contributed by atoms with Crippen molar-refractivity contribution in [1.29, 1.82) is 0 Å². The highest BCUT2D eigenvalue weighted by Gasteiger charge is 2.33. The lowest BCUT2D eigenvalue weighted by Crippen LogP contribution is -2.16. The average Bonchev–Trinajstić information content (AvgIpc) is 2.90. The Hall–Kier alpha value is -2.41. The predicted octanol–water partition coefficient (Wildman–Crippen LogP) is 4.57. The van der Waals surface area contributed by atoms with E-state index in [-0.39, 0.29) is 10.7 Å². The minimum atomic E-state index is -4.53. The van der Waals surface area contributed by atoms with Crippen LogP contribution >= 0.6 is 11.3 Å². The van der Waals surface area contributed by atoms with Crippen LogP contribution in [0.1, 0.15) is 15.4 Å². The quantitative estimate of drug-likeness (QED) is 0.751. The summed E-state index contributed by atoms with van der Waals surface area (Å²) < 4.78 is 39.5. The Morgan fingerprint density at radius 1 is 1.05 bits per heavy atom. The number of benzene rings is 2. The second-order valence-corrected chi connectivity index (χ2v) is 5.51. The van der Waals surface area contributed by atoms with Gasteiger partial charge in [-0.1, -0.05) is 24.3 Å². The van der Waals surface area contributed by atoms with E-state index in [1.165, 1.54) is 18.2 Å². The summed E-state index contributed by atoms with van der Waals surface area (Å²) in [5.41, 5.74) is -0.523. The van der Waals surface area contributed by atoms with E-state index in [1.54, 1.807) is 24.3 Å². The molecule has 0 aliphatic heterocycles. The number of nitrogens with one attached hydrogen (secondary N) is 1. The van der Waals surface area contributed by atoms with E-state index in [0.717, 1.165) is 22.1 Å². The first kappa shape index (κ1) is 14.5. The molecular formula is C15H9F3N2OS. The van der Waals surface area contributed by atoms with Crippen LogP contribution in [-0.2, 0) is 6.18 Å². The fourth-order valence-electron chi connectivity index (χ4n) is 1.98. The Balaban J connectivity index is 1.92. The highest BCUT2D eigenvalue weighted by atomic mass is 32.1. The normalized spacial score (nSPS) is 11.6. The molecule has 1 heterocycles. The van der Waals surface area contributed by atoms with Gasteiger partial charge in [0.1, 0.15) is 0 Å². The van der Waals surface area contributed by atoms with Gasteiger partial charge in [-0.2, -0.15) is 13.2 Å². The predicted molar refractivity (Wildman–Crippen MR) is 79.0 cm³/mol. The molecule has 0 atom stereocenters. The third-order valence-corrected chi connectivity index (χ3v) is 4.00. The Kier molecular flexibility index (Phi) is 3.58. The molecule has 2 aromatic carbocycles. The van der Waals surface area contributed by atoms with E-state index in [2.05, 4.69) is 10.3 Å². The first-order chi connectivity index (χ1) is 10.4. The number of carbonyl (C=O) groups excluding carboxylic acids is 1. The number of fused-ring (bicyclic) bond motifs is 1. The maximum Gasteiger partial charge on any atom is 0.418 e. The smallest absolute Gasteiger partial charge is 0.319 e. The average molecular weight is 322 g/mol. The molecule has 22 heavy (non-hydrogen) atoms. The highest BCUT2D eigenvalue weighted by Crippen LogP contribution is 2.35. The third kappa shape index (κ3) is 2.80. The summed E-state index contributed by atoms with van der Waals surface area (Å²) in [5, 5.41) is 2.41. The maximum atomic E-state index is 12.9. The monoisotopic (exact) mass is 322 g/mol. The zero-order valence-electron chi connectivity index (χ0n) is 11.0. The number of alkyl halides is 3. The second-order valence-electron chi connectivity index (χ2n) is 4.48. The largest absolute Gasteiger partial charge is 0.418 e. The lowest BCUT2D eigenvalue weighted by atomic mass is 10.1. The van der Waals surface area contributed by atoms with Gasteiger partial charge in [0, 0.05) is 0 Å². The molecule has 1 aromatic heterocycles. The number of para-hydroxylation sites is 2. The molecule has 0 aliphatic rings. The third-order valence-electron chi connectivity index (χ3n) is 2.97. The standard InChI is InChI=1S/C15H9F3N2OS/c16-15(17,18)9-5-1-2-6-10(9)19-13(21)14-20-11-7-3-4-8-12(11)22-14/h1-8H,(H,19,21). The topological polar surface area (TPSA) is 42.0 Å². The fraction of sp³-hybridized carbons (Fsp3) is 0.0667. The molecule has 0 radical (unpaired) electrons. The van der Waals surface area contributed by atoms with Crippen molar-refractivity contribution in [3.8, 4) is 0 Å². The van der Waals surface area contributed by atoms with Gasteiger partial charge in [0.25, 0.3) is 5.91 Å². The molecular weight excluding hydrogens is 313 g/mol. The summed E-state index contributed by atoms with van der Waals surface area (Å²) >= 11 is 1.13. The second kappa shape index (κ2) is 5.42. The van der Waals surface area contributed by atoms with Gasteiger partial charge in [0.05, 0.1) is 21.5 Å². The lowest BCUT2D eigenvalue weighted by molar-refractivity contribution is -0.136. The van der Waals surface area contributed by atoms with Crippen molar-refractivity contribution in [3.63, 3.8) is 0 Å². The van der Waals surface area contributed by atoms with Crippen LogP contribution in [0.25, 0.3) is 10.2 Å². The zero-order chi connectivity index (χ0) is 15.7. The number of amides is 1. The highest BCUT2D eigenvalue weighted by molar-refractivity contribution is 7.20. The summed E-state index contributed by atoms with van der Waals surface area (Å²) in [6, 6.07) is 12.0. The molecule has 3 nitrogen and oxygen atoms in total. The number of thiazole rings is 1. The number of hydrogen-bond acceptors (Lipinski definition) is 3. The maximum absolute atomic E-state index is 12.9. The SMILES string of the molecule is O=C(Nc1ccccc1C(F)(F)F)c1nc2ccccc2s1. The van der Waals surface area contributed by atoms with Crippen molar-refractivity contribution >= 4 is 33.1 Å². The molecule has 1 N–H and O–H groups in total. The van der Waals surface area contributed by atoms with Crippen molar-refractivity contribution in [2.75, 3.05) is 5.32 Å². The van der Waals surface area contributed by atoms with Crippen molar-refractivity contribution in [3.05, 3.63) is 59.1 Å². The van der Waals surface area contributed by atoms with E-state index >= 15 is 0 Å². The zero-order valence-corrected chi connectivity index (χ0v) is 11.8. The Morgan fingerprint density at radius 2 is 1.73 bits per heavy atom. The van der Waals surface area contributed by atoms with Crippen LogP contribution in [0.5, 0.6) is 0 Å². The van der Waals surface area contributed by atoms with Gasteiger partial charge in [-0.15, -0.1) is 11.3 Å². The van der Waals surface area contributed by atoms with Crippen LogP contribution < -0.4 is 5.32 Å². The summed E-state index contributed by atoms with van der Waals surface area (Å²) in [5.74, 6) is -0.655. The minimum absolute atomic E-state index is 0.123. The van der Waals surface area contributed by atoms with Gasteiger partial charge in [-0.25, -0.2) is 4.98 Å². The Morgan fingerprint density at radius 3 is 2.45 bits per heavy atom. The molecule has 0 saturated heterocycles. The van der Waals surface area contributed by atoms with Crippen molar-refractivity contribution in [1.82, 2.24) is 4.98 Å². The van der Waals surface area contributed by atoms with Gasteiger partial charge in [0.15, 0.2) is 5.01 Å². The van der Waals surface area contributed by atoms with Gasteiger partial charge in [-0.3, -0.25) is 4.79 Å². The molecule has 7 heteroatoms. The first-order valence-electron chi connectivity index (χ1n) is 6.28. The molecule has 3 aromatic rings. The molecule has 1 amide bonds. The fourth-order valence-corrected chi connectivity index (χ4v) is 2.85. The van der Waals surface area contributed by atoms with E-state index in [9.17, 15) is 18.0 Å². The summed E-state index contributed by atoms with van der Waals surface area (Å²) in [6.07, 6.45) is -4.53. The van der Waals surface area contributed by atoms with E-state index < -0.39 is 17.6 Å². The summed E-state index contributed by atoms with van der Waals surface area (Å²) in [4.78, 5) is 16.3. The van der Waals surface area contributed by atoms with E-state index in [1.807, 2.05) is 0 Å². The number of hydrogen-bond donors (Lipinski definition) is 1.